The SMILES string of the molecule is CCCCCCCCSN1CC(Oc2cc(C(C)(C)C)c(O)c(C(C)(C)C)c2)=NC(Oc2cc(C(C)(C)C)c(O)c(C(C)(C)C)c2)=N1. The first kappa shape index (κ1) is 38.6. The molecule has 1 aliphatic heterocycles. The van der Waals surface area contributed by atoms with Gasteiger partial charge in [-0.2, -0.15) is 4.99 Å². The molecule has 0 spiro atoms. The van der Waals surface area contributed by atoms with Crippen molar-refractivity contribution in [3.8, 4) is 23.0 Å². The molecule has 1 heterocycles. The zero-order valence-corrected chi connectivity index (χ0v) is 32.2. The Bertz CT molecular complexity index is 1370. The second kappa shape index (κ2) is 15.1. The molecule has 0 aromatic heterocycles. The van der Waals surface area contributed by atoms with Crippen molar-refractivity contribution in [2.24, 2.45) is 10.1 Å². The topological polar surface area (TPSA) is 86.9 Å². The Morgan fingerprint density at radius 1 is 0.638 bits per heavy atom. The lowest BCUT2D eigenvalue weighted by Crippen LogP contribution is -2.32. The third-order valence-corrected chi connectivity index (χ3v) is 9.25. The lowest BCUT2D eigenvalue weighted by atomic mass is 9.79. The minimum atomic E-state index is -0.303. The Balaban J connectivity index is 2.00. The molecule has 7 nitrogen and oxygen atoms in total. The molecule has 0 radical (unpaired) electrons. The number of aromatic hydroxyl groups is 2. The second-order valence-electron chi connectivity index (χ2n) is 16.9. The number of rotatable bonds is 10. The van der Waals surface area contributed by atoms with Crippen LogP contribution in [-0.4, -0.2) is 38.8 Å². The van der Waals surface area contributed by atoms with E-state index in [0.29, 0.717) is 35.4 Å². The van der Waals surface area contributed by atoms with Gasteiger partial charge in [-0.1, -0.05) is 122 Å². The lowest BCUT2D eigenvalue weighted by Gasteiger charge is -2.29. The first-order valence-electron chi connectivity index (χ1n) is 17.3. The van der Waals surface area contributed by atoms with E-state index in [4.69, 9.17) is 19.6 Å². The van der Waals surface area contributed by atoms with Gasteiger partial charge < -0.3 is 19.7 Å². The molecule has 1 aliphatic rings. The molecule has 0 fully saturated rings. The van der Waals surface area contributed by atoms with E-state index in [0.717, 1.165) is 34.4 Å². The molecule has 2 aromatic rings. The fourth-order valence-corrected chi connectivity index (χ4v) is 6.37. The van der Waals surface area contributed by atoms with Crippen molar-refractivity contribution >= 4 is 23.9 Å². The van der Waals surface area contributed by atoms with E-state index in [1.165, 1.54) is 32.1 Å². The molecular formula is C39H61N3O4S. The van der Waals surface area contributed by atoms with Gasteiger partial charge in [0.1, 0.15) is 29.5 Å². The van der Waals surface area contributed by atoms with E-state index in [1.807, 2.05) is 28.7 Å². The zero-order valence-electron chi connectivity index (χ0n) is 31.4. The van der Waals surface area contributed by atoms with Crippen LogP contribution in [0.2, 0.25) is 0 Å². The average Bonchev–Trinajstić information content (AvgIpc) is 2.91. The van der Waals surface area contributed by atoms with Crippen LogP contribution in [0.5, 0.6) is 23.0 Å². The largest absolute Gasteiger partial charge is 0.507 e. The van der Waals surface area contributed by atoms with Crippen molar-refractivity contribution in [2.75, 3.05) is 12.3 Å². The van der Waals surface area contributed by atoms with Gasteiger partial charge in [-0.3, -0.25) is 0 Å². The van der Waals surface area contributed by atoms with Crippen LogP contribution in [-0.2, 0) is 21.7 Å². The van der Waals surface area contributed by atoms with Crippen LogP contribution < -0.4 is 9.47 Å². The molecule has 3 rings (SSSR count). The number of benzene rings is 2. The fraction of sp³-hybridized carbons (Fsp3) is 0.641. The van der Waals surface area contributed by atoms with E-state index in [9.17, 15) is 10.2 Å². The van der Waals surface area contributed by atoms with Crippen LogP contribution in [0.1, 0.15) is 151 Å². The molecule has 262 valence electrons. The third-order valence-electron chi connectivity index (χ3n) is 8.27. The van der Waals surface area contributed by atoms with Crippen molar-refractivity contribution in [1.82, 2.24) is 4.41 Å². The number of nitrogens with zero attached hydrogens (tertiary/aromatic N) is 3. The first-order chi connectivity index (χ1) is 21.6. The van der Waals surface area contributed by atoms with Gasteiger partial charge in [0, 0.05) is 28.0 Å². The van der Waals surface area contributed by atoms with Crippen molar-refractivity contribution < 1.29 is 19.7 Å². The highest BCUT2D eigenvalue weighted by molar-refractivity contribution is 7.97. The highest BCUT2D eigenvalue weighted by atomic mass is 32.2. The fourth-order valence-electron chi connectivity index (χ4n) is 5.50. The normalized spacial score (nSPS) is 14.6. The maximum Gasteiger partial charge on any atom is 0.343 e. The van der Waals surface area contributed by atoms with Gasteiger partial charge in [-0.25, -0.2) is 4.41 Å². The van der Waals surface area contributed by atoms with Gasteiger partial charge >= 0.3 is 6.02 Å². The standard InChI is InChI=1S/C39H61N3O4S/c1-14-15-16-17-18-19-20-47-42-25-32(45-26-21-28(36(2,3)4)33(43)29(22-26)37(5,6)7)40-35(41-42)46-27-23-30(38(8,9)10)34(44)31(24-27)39(11,12)13/h21-24,43-44H,14-20,25H2,1-13H3. The number of hydrogen-bond donors (Lipinski definition) is 2. The number of phenols is 2. The summed E-state index contributed by atoms with van der Waals surface area (Å²) in [5, 5.41) is 27.3. The quantitative estimate of drug-likeness (QED) is 0.194. The third kappa shape index (κ3) is 10.8. The Labute approximate surface area is 289 Å². The van der Waals surface area contributed by atoms with Crippen molar-refractivity contribution in [3.05, 3.63) is 46.5 Å². The summed E-state index contributed by atoms with van der Waals surface area (Å²) >= 11 is 1.65. The highest BCUT2D eigenvalue weighted by Crippen LogP contribution is 2.43. The van der Waals surface area contributed by atoms with Gasteiger partial charge in [0.2, 0.25) is 5.90 Å². The Morgan fingerprint density at radius 2 is 1.04 bits per heavy atom. The second-order valence-corrected chi connectivity index (χ2v) is 18.0. The molecule has 8 heteroatoms. The van der Waals surface area contributed by atoms with Gasteiger partial charge in [-0.15, -0.1) is 5.10 Å². The maximum atomic E-state index is 11.3. The van der Waals surface area contributed by atoms with Gasteiger partial charge in [-0.05, 0) is 64.3 Å². The van der Waals surface area contributed by atoms with E-state index in [1.54, 1.807) is 11.9 Å². The van der Waals surface area contributed by atoms with E-state index >= 15 is 0 Å². The van der Waals surface area contributed by atoms with Crippen molar-refractivity contribution in [3.63, 3.8) is 0 Å². The van der Waals surface area contributed by atoms with Gasteiger partial charge in [0.15, 0.2) is 0 Å². The lowest BCUT2D eigenvalue weighted by molar-refractivity contribution is 0.411. The number of phenolic OH excluding ortho intramolecular Hbond substituents is 2. The number of aliphatic imine (C=N–C) groups is 1. The maximum absolute atomic E-state index is 11.3. The minimum Gasteiger partial charge on any atom is -0.507 e. The van der Waals surface area contributed by atoms with E-state index < -0.39 is 0 Å². The van der Waals surface area contributed by atoms with Crippen LogP contribution in [0.15, 0.2) is 34.4 Å². The predicted molar refractivity (Wildman–Crippen MR) is 200 cm³/mol. The monoisotopic (exact) mass is 667 g/mol. The van der Waals surface area contributed by atoms with Crippen LogP contribution >= 0.6 is 11.9 Å². The summed E-state index contributed by atoms with van der Waals surface area (Å²) in [5.74, 6) is 3.18. The van der Waals surface area contributed by atoms with Crippen LogP contribution in [0.4, 0.5) is 0 Å². The van der Waals surface area contributed by atoms with E-state index in [-0.39, 0.29) is 27.7 Å². The summed E-state index contributed by atoms with van der Waals surface area (Å²) in [4.78, 5) is 4.76. The number of unbranched alkanes of at least 4 members (excludes halogenated alkanes) is 5. The molecule has 47 heavy (non-hydrogen) atoms. The van der Waals surface area contributed by atoms with Gasteiger partial charge in [0.25, 0.3) is 0 Å². The number of hydrogen-bond acceptors (Lipinski definition) is 8. The molecule has 2 N–H and O–H groups in total. The molecule has 2 aromatic carbocycles. The molecule has 0 aliphatic carbocycles. The number of hydrazone groups is 1. The molecule has 0 unspecified atom stereocenters. The van der Waals surface area contributed by atoms with Crippen molar-refractivity contribution in [1.29, 1.82) is 0 Å². The molecule has 0 atom stereocenters. The zero-order chi connectivity index (χ0) is 35.4. The van der Waals surface area contributed by atoms with Crippen LogP contribution in [0, 0.1) is 0 Å². The highest BCUT2D eigenvalue weighted by Gasteiger charge is 2.30. The summed E-state index contributed by atoms with van der Waals surface area (Å²) in [6.45, 7) is 27.6. The number of amidine groups is 1. The summed E-state index contributed by atoms with van der Waals surface area (Å²) in [6, 6.07) is 7.78. The molecule has 0 bridgehead atoms. The Hall–Kier alpha value is -2.87. The molecule has 0 saturated heterocycles. The molecule has 0 amide bonds. The summed E-state index contributed by atoms with van der Waals surface area (Å²) in [6.07, 6.45) is 7.37. The van der Waals surface area contributed by atoms with E-state index in [2.05, 4.69) is 90.0 Å². The predicted octanol–water partition coefficient (Wildman–Crippen LogP) is 10.7. The molecule has 0 saturated carbocycles. The van der Waals surface area contributed by atoms with Crippen LogP contribution in [0.25, 0.3) is 0 Å². The average molecular weight is 668 g/mol. The Kier molecular flexibility index (Phi) is 12.4. The summed E-state index contributed by atoms with van der Waals surface area (Å²) < 4.78 is 14.8. The summed E-state index contributed by atoms with van der Waals surface area (Å²) in [5.41, 5.74) is 2.07. The number of ether oxygens (including phenoxy) is 2. The minimum absolute atomic E-state index is 0.179. The summed E-state index contributed by atoms with van der Waals surface area (Å²) in [7, 11) is 0. The first-order valence-corrected chi connectivity index (χ1v) is 18.2. The van der Waals surface area contributed by atoms with Crippen molar-refractivity contribution in [2.45, 2.75) is 150 Å². The Morgan fingerprint density at radius 3 is 1.47 bits per heavy atom. The smallest absolute Gasteiger partial charge is 0.343 e. The van der Waals surface area contributed by atoms with Gasteiger partial charge in [0.05, 0.1) is 0 Å². The van der Waals surface area contributed by atoms with Crippen LogP contribution in [0.3, 0.4) is 0 Å². The molecular weight excluding hydrogens is 607 g/mol.